The van der Waals surface area contributed by atoms with Gasteiger partial charge in [-0.2, -0.15) is 0 Å². The van der Waals surface area contributed by atoms with E-state index in [1.807, 2.05) is 13.8 Å². The van der Waals surface area contributed by atoms with Crippen molar-refractivity contribution in [3.63, 3.8) is 0 Å². The lowest BCUT2D eigenvalue weighted by Gasteiger charge is -2.18. The molecule has 2 aromatic carbocycles. The number of halogens is 1. The van der Waals surface area contributed by atoms with Crippen LogP contribution in [-0.2, 0) is 32.3 Å². The second-order valence-corrected chi connectivity index (χ2v) is 7.38. The Morgan fingerprint density at radius 1 is 0.848 bits per heavy atom. The molecule has 33 heavy (non-hydrogen) atoms. The van der Waals surface area contributed by atoms with Gasteiger partial charge in [0, 0.05) is 24.4 Å². The lowest BCUT2D eigenvalue weighted by atomic mass is 9.94. The van der Waals surface area contributed by atoms with E-state index >= 15 is 0 Å². The fraction of sp³-hybridized carbons (Fsp3) is 0.308. The third-order valence-corrected chi connectivity index (χ3v) is 4.53. The van der Waals surface area contributed by atoms with Gasteiger partial charge in [-0.15, -0.1) is 0 Å². The maximum atomic E-state index is 14.8. The first-order valence-electron chi connectivity index (χ1n) is 10.5. The Morgan fingerprint density at radius 2 is 1.36 bits per heavy atom. The summed E-state index contributed by atoms with van der Waals surface area (Å²) in [5, 5.41) is 0. The predicted molar refractivity (Wildman–Crippen MR) is 123 cm³/mol. The van der Waals surface area contributed by atoms with Gasteiger partial charge in [0.25, 0.3) is 0 Å². The lowest BCUT2D eigenvalue weighted by Crippen LogP contribution is -2.10. The molecular weight excluding hydrogens is 427 g/mol. The number of hydrogen-bond donors (Lipinski definition) is 0. The van der Waals surface area contributed by atoms with E-state index in [-0.39, 0.29) is 30.1 Å². The Balaban J connectivity index is 2.59. The van der Waals surface area contributed by atoms with E-state index in [1.54, 1.807) is 25.1 Å². The van der Waals surface area contributed by atoms with Crippen LogP contribution >= 0.6 is 0 Å². The number of carbonyl (C=O) groups excluding carboxylic acids is 2. The molecule has 0 aliphatic carbocycles. The summed E-state index contributed by atoms with van der Waals surface area (Å²) in [6.45, 7) is 15.2. The largest absolute Gasteiger partial charge is 0.423 e. The molecule has 0 aromatic heterocycles. The zero-order valence-corrected chi connectivity index (χ0v) is 19.5. The molecule has 0 fully saturated rings. The summed E-state index contributed by atoms with van der Waals surface area (Å²) in [7, 11) is 0. The maximum Gasteiger partial charge on any atom is 0.338 e. The van der Waals surface area contributed by atoms with Crippen molar-refractivity contribution >= 4 is 11.9 Å². The third-order valence-electron chi connectivity index (χ3n) is 4.53. The molecule has 0 bridgehead atoms. The molecule has 176 valence electrons. The minimum atomic E-state index is -0.709. The Kier molecular flexibility index (Phi) is 9.51. The van der Waals surface area contributed by atoms with Crippen molar-refractivity contribution in [3.8, 4) is 22.6 Å². The highest BCUT2D eigenvalue weighted by atomic mass is 19.1. The molecule has 7 heteroatoms. The summed E-state index contributed by atoms with van der Waals surface area (Å²) in [5.41, 5.74) is 3.01. The minimum absolute atomic E-state index is 0.163. The number of hydrogen-bond acceptors (Lipinski definition) is 6. The third kappa shape index (κ3) is 7.10. The second kappa shape index (κ2) is 12.1. The topological polar surface area (TPSA) is 71.1 Å². The van der Waals surface area contributed by atoms with Gasteiger partial charge >= 0.3 is 11.9 Å². The van der Waals surface area contributed by atoms with E-state index < -0.39 is 17.8 Å². The summed E-state index contributed by atoms with van der Waals surface area (Å²) in [6.07, 6.45) is 0. The van der Waals surface area contributed by atoms with Crippen LogP contribution in [0.3, 0.4) is 0 Å². The second-order valence-electron chi connectivity index (χ2n) is 7.38. The van der Waals surface area contributed by atoms with Gasteiger partial charge in [-0.25, -0.2) is 14.0 Å². The van der Waals surface area contributed by atoms with Gasteiger partial charge in [-0.3, -0.25) is 0 Å². The summed E-state index contributed by atoms with van der Waals surface area (Å²) in [6, 6.07) is 7.66. The van der Waals surface area contributed by atoms with Crippen molar-refractivity contribution in [1.82, 2.24) is 0 Å². The smallest absolute Gasteiger partial charge is 0.338 e. The van der Waals surface area contributed by atoms with Crippen molar-refractivity contribution in [3.05, 3.63) is 71.6 Å². The highest BCUT2D eigenvalue weighted by Gasteiger charge is 2.19. The first-order chi connectivity index (χ1) is 15.7. The standard InChI is InChI=1S/C26H29FO6/c1-7-30-14-19-11-21(32-25(28)16(3)4)12-20(15-31-8-2)24(19)18-9-10-23(22(27)13-18)33-26(29)17(5)6/h9-13H,3,5,7-8,14-15H2,1-2,4,6H3. The average molecular weight is 457 g/mol. The van der Waals surface area contributed by atoms with Gasteiger partial charge < -0.3 is 18.9 Å². The van der Waals surface area contributed by atoms with E-state index in [1.165, 1.54) is 19.1 Å². The maximum absolute atomic E-state index is 14.8. The molecule has 0 atom stereocenters. The Labute approximate surface area is 193 Å². The molecule has 2 aromatic rings. The number of carbonyl (C=O) groups is 2. The van der Waals surface area contributed by atoms with Crippen LogP contribution in [0.2, 0.25) is 0 Å². The molecule has 0 aliphatic rings. The van der Waals surface area contributed by atoms with Crippen molar-refractivity contribution in [2.24, 2.45) is 0 Å². The summed E-state index contributed by atoms with van der Waals surface area (Å²) < 4.78 is 36.5. The summed E-state index contributed by atoms with van der Waals surface area (Å²) in [5.74, 6) is -1.86. The van der Waals surface area contributed by atoms with E-state index in [9.17, 15) is 14.0 Å². The molecule has 0 heterocycles. The van der Waals surface area contributed by atoms with Crippen LogP contribution in [0, 0.1) is 5.82 Å². The van der Waals surface area contributed by atoms with Crippen molar-refractivity contribution in [2.75, 3.05) is 13.2 Å². The molecule has 0 saturated heterocycles. The highest BCUT2D eigenvalue weighted by molar-refractivity contribution is 5.89. The molecule has 0 radical (unpaired) electrons. The molecule has 0 amide bonds. The van der Waals surface area contributed by atoms with Crippen LogP contribution < -0.4 is 9.47 Å². The number of benzene rings is 2. The molecule has 2 rings (SSSR count). The number of ether oxygens (including phenoxy) is 4. The molecule has 0 unspecified atom stereocenters. The van der Waals surface area contributed by atoms with Gasteiger partial charge in [-0.05, 0) is 74.2 Å². The monoisotopic (exact) mass is 456 g/mol. The normalized spacial score (nSPS) is 10.6. The van der Waals surface area contributed by atoms with Gasteiger partial charge in [0.1, 0.15) is 5.75 Å². The fourth-order valence-electron chi connectivity index (χ4n) is 2.94. The molecule has 0 N–H and O–H groups in total. The summed E-state index contributed by atoms with van der Waals surface area (Å²) in [4.78, 5) is 23.8. The van der Waals surface area contributed by atoms with Gasteiger partial charge in [0.15, 0.2) is 11.6 Å². The molecule has 0 saturated carbocycles. The van der Waals surface area contributed by atoms with E-state index in [4.69, 9.17) is 18.9 Å². The van der Waals surface area contributed by atoms with Crippen molar-refractivity contribution < 1.29 is 32.9 Å². The molecule has 0 spiro atoms. The van der Waals surface area contributed by atoms with E-state index in [0.717, 1.165) is 0 Å². The predicted octanol–water partition coefficient (Wildman–Crippen LogP) is 5.53. The van der Waals surface area contributed by atoms with Crippen molar-refractivity contribution in [2.45, 2.75) is 40.9 Å². The average Bonchev–Trinajstić information content (AvgIpc) is 2.77. The van der Waals surface area contributed by atoms with Gasteiger partial charge in [0.2, 0.25) is 0 Å². The van der Waals surface area contributed by atoms with Crippen LogP contribution in [0.15, 0.2) is 54.6 Å². The zero-order chi connectivity index (χ0) is 24.5. The molecular formula is C26H29FO6. The van der Waals surface area contributed by atoms with Crippen molar-refractivity contribution in [1.29, 1.82) is 0 Å². The zero-order valence-electron chi connectivity index (χ0n) is 19.5. The van der Waals surface area contributed by atoms with Crippen LogP contribution in [-0.4, -0.2) is 25.2 Å². The van der Waals surface area contributed by atoms with Crippen LogP contribution in [0.5, 0.6) is 11.5 Å². The summed E-state index contributed by atoms with van der Waals surface area (Å²) >= 11 is 0. The lowest BCUT2D eigenvalue weighted by molar-refractivity contribution is -0.131. The first-order valence-corrected chi connectivity index (χ1v) is 10.5. The van der Waals surface area contributed by atoms with Gasteiger partial charge in [0.05, 0.1) is 13.2 Å². The van der Waals surface area contributed by atoms with Crippen LogP contribution in [0.4, 0.5) is 4.39 Å². The Morgan fingerprint density at radius 3 is 1.82 bits per heavy atom. The number of rotatable bonds is 11. The minimum Gasteiger partial charge on any atom is -0.423 e. The fourth-order valence-corrected chi connectivity index (χ4v) is 2.94. The Bertz CT molecular complexity index is 1030. The van der Waals surface area contributed by atoms with E-state index in [2.05, 4.69) is 13.2 Å². The molecule has 0 aliphatic heterocycles. The molecule has 6 nitrogen and oxygen atoms in total. The van der Waals surface area contributed by atoms with E-state index in [0.29, 0.717) is 41.2 Å². The Hall–Kier alpha value is -3.29. The number of esters is 2. The van der Waals surface area contributed by atoms with Crippen LogP contribution in [0.25, 0.3) is 11.1 Å². The highest BCUT2D eigenvalue weighted by Crippen LogP contribution is 2.35. The van der Waals surface area contributed by atoms with Crippen LogP contribution in [0.1, 0.15) is 38.8 Å². The quantitative estimate of drug-likeness (QED) is 0.252. The first kappa shape index (κ1) is 26.0. The van der Waals surface area contributed by atoms with Gasteiger partial charge in [-0.1, -0.05) is 19.2 Å². The SMILES string of the molecule is C=C(C)C(=O)Oc1cc(COCC)c(-c2ccc(OC(=O)C(=C)C)c(F)c2)c(COCC)c1.